The van der Waals surface area contributed by atoms with Gasteiger partial charge in [0, 0.05) is 44.8 Å². The van der Waals surface area contributed by atoms with E-state index in [0.29, 0.717) is 17.5 Å². The summed E-state index contributed by atoms with van der Waals surface area (Å²) in [4.78, 5) is 15.4. The van der Waals surface area contributed by atoms with Crippen LogP contribution in [0.4, 0.5) is 0 Å². The highest BCUT2D eigenvalue weighted by Crippen LogP contribution is 2.43. The van der Waals surface area contributed by atoms with Gasteiger partial charge in [0.05, 0.1) is 0 Å². The molecule has 48 heavy (non-hydrogen) atoms. The van der Waals surface area contributed by atoms with E-state index in [1.165, 1.54) is 16.5 Å². The standard InChI is InChI=1S/C43H27N3O2/c1-2-11-27(12-3-1)31-15-8-18-36-39(31)40-34(16-9-19-37(40)48-36)43-45-41(29-21-20-26-10-4-5-13-28(26)24-29)44-42(46-43)30-22-23-33-32-14-6-7-17-35(32)47-38(33)25-30/h1-7,9-17,19-25H,8,18H2. The summed E-state index contributed by atoms with van der Waals surface area (Å²) in [5, 5.41) is 5.47. The van der Waals surface area contributed by atoms with Gasteiger partial charge in [-0.05, 0) is 58.7 Å². The van der Waals surface area contributed by atoms with Gasteiger partial charge in [0.2, 0.25) is 0 Å². The summed E-state index contributed by atoms with van der Waals surface area (Å²) >= 11 is 0. The minimum absolute atomic E-state index is 0.582. The van der Waals surface area contributed by atoms with Crippen LogP contribution in [0.15, 0.2) is 148 Å². The molecule has 3 aromatic heterocycles. The third-order valence-electron chi connectivity index (χ3n) is 9.38. The minimum atomic E-state index is 0.582. The molecule has 0 saturated heterocycles. The molecule has 1 aliphatic carbocycles. The maximum Gasteiger partial charge on any atom is 0.164 e. The van der Waals surface area contributed by atoms with Crippen LogP contribution in [0, 0.1) is 0 Å². The van der Waals surface area contributed by atoms with Gasteiger partial charge >= 0.3 is 0 Å². The summed E-state index contributed by atoms with van der Waals surface area (Å²) in [6, 6.07) is 45.7. The molecule has 0 fully saturated rings. The maximum atomic E-state index is 6.53. The number of aryl methyl sites for hydroxylation is 1. The van der Waals surface area contributed by atoms with Crippen molar-refractivity contribution in [1.82, 2.24) is 15.0 Å². The number of fused-ring (bicyclic) bond motifs is 7. The second kappa shape index (κ2) is 10.6. The molecule has 10 rings (SSSR count). The molecule has 0 atom stereocenters. The third-order valence-corrected chi connectivity index (χ3v) is 9.38. The molecule has 0 N–H and O–H groups in total. The second-order valence-corrected chi connectivity index (χ2v) is 12.3. The average molecular weight is 618 g/mol. The Bertz CT molecular complexity index is 2740. The zero-order chi connectivity index (χ0) is 31.6. The molecule has 0 bridgehead atoms. The van der Waals surface area contributed by atoms with E-state index in [-0.39, 0.29) is 0 Å². The first kappa shape index (κ1) is 26.8. The highest BCUT2D eigenvalue weighted by Gasteiger charge is 2.26. The average Bonchev–Trinajstić information content (AvgIpc) is 3.73. The van der Waals surface area contributed by atoms with E-state index in [0.717, 1.165) is 79.1 Å². The van der Waals surface area contributed by atoms with Gasteiger partial charge < -0.3 is 8.83 Å². The van der Waals surface area contributed by atoms with Crippen molar-refractivity contribution < 1.29 is 8.83 Å². The number of hydrogen-bond donors (Lipinski definition) is 0. The molecular formula is C43H27N3O2. The van der Waals surface area contributed by atoms with Crippen LogP contribution in [0.2, 0.25) is 0 Å². The van der Waals surface area contributed by atoms with Crippen LogP contribution < -0.4 is 0 Å². The summed E-state index contributed by atoms with van der Waals surface area (Å²) in [5.74, 6) is 2.79. The minimum Gasteiger partial charge on any atom is -0.460 e. The Labute approximate surface area is 275 Å². The fraction of sp³-hybridized carbons (Fsp3) is 0.0465. The molecule has 3 heterocycles. The van der Waals surface area contributed by atoms with E-state index in [2.05, 4.69) is 103 Å². The molecule has 0 unspecified atom stereocenters. The Hall–Kier alpha value is -6.33. The monoisotopic (exact) mass is 617 g/mol. The molecule has 5 nitrogen and oxygen atoms in total. The first-order valence-electron chi connectivity index (χ1n) is 16.2. The Kier molecular flexibility index (Phi) is 5.93. The predicted octanol–water partition coefficient (Wildman–Crippen LogP) is 11.0. The molecular weight excluding hydrogens is 590 g/mol. The van der Waals surface area contributed by atoms with Gasteiger partial charge in [-0.25, -0.2) is 15.0 Å². The second-order valence-electron chi connectivity index (χ2n) is 12.3. The van der Waals surface area contributed by atoms with E-state index >= 15 is 0 Å². The molecule has 6 aromatic carbocycles. The highest BCUT2D eigenvalue weighted by atomic mass is 16.3. The fourth-order valence-corrected chi connectivity index (χ4v) is 7.12. The van der Waals surface area contributed by atoms with Gasteiger partial charge in [0.1, 0.15) is 22.5 Å². The van der Waals surface area contributed by atoms with Crippen LogP contribution in [0.25, 0.3) is 83.4 Å². The molecule has 9 aromatic rings. The quantitative estimate of drug-likeness (QED) is 0.197. The lowest BCUT2D eigenvalue weighted by molar-refractivity contribution is 0.545. The zero-order valence-electron chi connectivity index (χ0n) is 25.9. The van der Waals surface area contributed by atoms with Crippen LogP contribution in [-0.2, 0) is 6.42 Å². The zero-order valence-corrected chi connectivity index (χ0v) is 25.9. The van der Waals surface area contributed by atoms with Crippen molar-refractivity contribution in [2.24, 2.45) is 0 Å². The summed E-state index contributed by atoms with van der Waals surface area (Å²) in [6.45, 7) is 0. The molecule has 0 radical (unpaired) electrons. The molecule has 5 heteroatoms. The van der Waals surface area contributed by atoms with Crippen molar-refractivity contribution in [2.45, 2.75) is 12.8 Å². The van der Waals surface area contributed by atoms with E-state index < -0.39 is 0 Å². The fourth-order valence-electron chi connectivity index (χ4n) is 7.12. The number of hydrogen-bond acceptors (Lipinski definition) is 5. The SMILES string of the molecule is C1=C(c2ccccc2)c2c(oc3cccc(-c4nc(-c5ccc6ccccc6c5)nc(-c5ccc6c(c5)oc5ccccc56)n4)c23)CC1. The van der Waals surface area contributed by atoms with Crippen molar-refractivity contribution in [2.75, 3.05) is 0 Å². The van der Waals surface area contributed by atoms with Crippen LogP contribution in [0.3, 0.4) is 0 Å². The summed E-state index contributed by atoms with van der Waals surface area (Å²) < 4.78 is 12.8. The number of nitrogens with zero attached hydrogens (tertiary/aromatic N) is 3. The summed E-state index contributed by atoms with van der Waals surface area (Å²) in [7, 11) is 0. The third kappa shape index (κ3) is 4.28. The molecule has 0 amide bonds. The molecule has 0 aliphatic heterocycles. The Morgan fingerprint density at radius 3 is 2.08 bits per heavy atom. The van der Waals surface area contributed by atoms with Gasteiger partial charge in [-0.2, -0.15) is 0 Å². The van der Waals surface area contributed by atoms with Gasteiger partial charge in [-0.1, -0.05) is 109 Å². The largest absolute Gasteiger partial charge is 0.460 e. The van der Waals surface area contributed by atoms with E-state index in [1.54, 1.807) is 0 Å². The lowest BCUT2D eigenvalue weighted by atomic mass is 9.88. The Morgan fingerprint density at radius 1 is 0.479 bits per heavy atom. The normalized spacial score (nSPS) is 13.0. The van der Waals surface area contributed by atoms with Gasteiger partial charge in [0.25, 0.3) is 0 Å². The van der Waals surface area contributed by atoms with Crippen molar-refractivity contribution in [3.8, 4) is 34.2 Å². The number of aromatic nitrogens is 3. The predicted molar refractivity (Wildman–Crippen MR) is 193 cm³/mol. The number of furan rings is 2. The molecule has 1 aliphatic rings. The van der Waals surface area contributed by atoms with Crippen molar-refractivity contribution in [1.29, 1.82) is 0 Å². The van der Waals surface area contributed by atoms with Crippen LogP contribution in [0.1, 0.15) is 23.3 Å². The summed E-state index contributed by atoms with van der Waals surface area (Å²) in [6.07, 6.45) is 4.10. The molecule has 0 spiro atoms. The molecule has 226 valence electrons. The smallest absolute Gasteiger partial charge is 0.164 e. The van der Waals surface area contributed by atoms with Crippen LogP contribution in [-0.4, -0.2) is 15.0 Å². The van der Waals surface area contributed by atoms with Crippen LogP contribution >= 0.6 is 0 Å². The van der Waals surface area contributed by atoms with Crippen molar-refractivity contribution in [3.05, 3.63) is 156 Å². The maximum absolute atomic E-state index is 6.53. The van der Waals surface area contributed by atoms with Gasteiger partial charge in [-0.15, -0.1) is 0 Å². The van der Waals surface area contributed by atoms with Gasteiger partial charge in [0.15, 0.2) is 17.5 Å². The Morgan fingerprint density at radius 2 is 1.19 bits per heavy atom. The van der Waals surface area contributed by atoms with E-state index in [4.69, 9.17) is 23.8 Å². The first-order chi connectivity index (χ1) is 23.8. The van der Waals surface area contributed by atoms with Crippen LogP contribution in [0.5, 0.6) is 0 Å². The molecule has 0 saturated carbocycles. The number of benzene rings is 6. The lowest BCUT2D eigenvalue weighted by Gasteiger charge is -2.15. The number of allylic oxidation sites excluding steroid dienone is 1. The van der Waals surface area contributed by atoms with Gasteiger partial charge in [-0.3, -0.25) is 0 Å². The van der Waals surface area contributed by atoms with Crippen molar-refractivity contribution in [3.63, 3.8) is 0 Å². The first-order valence-corrected chi connectivity index (χ1v) is 16.2. The van der Waals surface area contributed by atoms with E-state index in [1.807, 2.05) is 36.4 Å². The van der Waals surface area contributed by atoms with Crippen molar-refractivity contribution >= 4 is 49.3 Å². The number of para-hydroxylation sites is 1. The topological polar surface area (TPSA) is 65.0 Å². The van der Waals surface area contributed by atoms with E-state index in [9.17, 15) is 0 Å². The Balaban J connectivity index is 1.22. The highest BCUT2D eigenvalue weighted by molar-refractivity contribution is 6.06. The number of rotatable bonds is 4. The summed E-state index contributed by atoms with van der Waals surface area (Å²) in [5.41, 5.74) is 8.66. The lowest BCUT2D eigenvalue weighted by Crippen LogP contribution is -2.02.